The minimum atomic E-state index is -0.311. The standard InChI is InChI=1S/C20H28N2O4/c1-3-25-19(23)15-17-9-11-22(12-10-17)14-13-21(2)20(24)26-16-18-7-5-4-6-8-18/h4-8,15H,3,9-14,16H2,1-2H3. The zero-order valence-corrected chi connectivity index (χ0v) is 15.6. The summed E-state index contributed by atoms with van der Waals surface area (Å²) in [4.78, 5) is 27.4. The molecule has 1 aliphatic heterocycles. The van der Waals surface area contributed by atoms with E-state index in [1.807, 2.05) is 30.3 Å². The minimum Gasteiger partial charge on any atom is -0.463 e. The highest BCUT2D eigenvalue weighted by molar-refractivity contribution is 5.82. The van der Waals surface area contributed by atoms with Crippen LogP contribution >= 0.6 is 0 Å². The summed E-state index contributed by atoms with van der Waals surface area (Å²) in [5.41, 5.74) is 2.11. The molecule has 142 valence electrons. The molecule has 0 N–H and O–H groups in total. The van der Waals surface area contributed by atoms with Crippen LogP contribution in [-0.2, 0) is 20.9 Å². The summed E-state index contributed by atoms with van der Waals surface area (Å²) in [6.45, 7) is 5.68. The molecule has 0 radical (unpaired) electrons. The first-order chi connectivity index (χ1) is 12.6. The molecule has 1 fully saturated rings. The van der Waals surface area contributed by atoms with Gasteiger partial charge in [0, 0.05) is 39.3 Å². The maximum atomic E-state index is 12.0. The Bertz CT molecular complexity index is 605. The molecule has 1 aromatic carbocycles. The summed E-state index contributed by atoms with van der Waals surface area (Å²) in [5, 5.41) is 0. The van der Waals surface area contributed by atoms with Crippen LogP contribution in [0, 0.1) is 0 Å². The third-order valence-corrected chi connectivity index (χ3v) is 4.38. The van der Waals surface area contributed by atoms with Crippen molar-refractivity contribution in [2.75, 3.05) is 39.8 Å². The van der Waals surface area contributed by atoms with Crippen LogP contribution in [0.1, 0.15) is 25.3 Å². The van der Waals surface area contributed by atoms with E-state index in [2.05, 4.69) is 4.90 Å². The number of amides is 1. The topological polar surface area (TPSA) is 59.1 Å². The summed E-state index contributed by atoms with van der Waals surface area (Å²) in [6, 6.07) is 9.65. The van der Waals surface area contributed by atoms with Crippen molar-refractivity contribution < 1.29 is 19.1 Å². The van der Waals surface area contributed by atoms with Crippen LogP contribution in [0.4, 0.5) is 4.79 Å². The van der Waals surface area contributed by atoms with Crippen LogP contribution in [0.2, 0.25) is 0 Å². The lowest BCUT2D eigenvalue weighted by atomic mass is 10.0. The van der Waals surface area contributed by atoms with Gasteiger partial charge in [0.05, 0.1) is 6.61 Å². The molecule has 0 spiro atoms. The second-order valence-electron chi connectivity index (χ2n) is 6.36. The van der Waals surface area contributed by atoms with Gasteiger partial charge < -0.3 is 19.3 Å². The number of esters is 1. The number of hydrogen-bond donors (Lipinski definition) is 0. The zero-order chi connectivity index (χ0) is 18.8. The molecule has 0 aliphatic carbocycles. The lowest BCUT2D eigenvalue weighted by molar-refractivity contribution is -0.137. The van der Waals surface area contributed by atoms with Gasteiger partial charge in [0.2, 0.25) is 0 Å². The first kappa shape index (κ1) is 20.0. The first-order valence-electron chi connectivity index (χ1n) is 9.09. The number of rotatable bonds is 7. The highest BCUT2D eigenvalue weighted by atomic mass is 16.6. The number of carbonyl (C=O) groups is 2. The zero-order valence-electron chi connectivity index (χ0n) is 15.6. The van der Waals surface area contributed by atoms with Gasteiger partial charge in [-0.05, 0) is 25.3 Å². The molecule has 0 aromatic heterocycles. The summed E-state index contributed by atoms with van der Waals surface area (Å²) >= 11 is 0. The summed E-state index contributed by atoms with van der Waals surface area (Å²) in [7, 11) is 1.75. The fraction of sp³-hybridized carbons (Fsp3) is 0.500. The third-order valence-electron chi connectivity index (χ3n) is 4.38. The molecule has 6 nitrogen and oxygen atoms in total. The largest absolute Gasteiger partial charge is 0.463 e. The number of likely N-dealkylation sites (N-methyl/N-ethyl adjacent to an activating group) is 1. The average Bonchev–Trinajstić information content (AvgIpc) is 2.66. The number of hydrogen-bond acceptors (Lipinski definition) is 5. The number of carbonyl (C=O) groups excluding carboxylic acids is 2. The van der Waals surface area contributed by atoms with E-state index in [0.717, 1.165) is 43.6 Å². The average molecular weight is 360 g/mol. The van der Waals surface area contributed by atoms with Gasteiger partial charge in [0.15, 0.2) is 0 Å². The molecule has 6 heteroatoms. The van der Waals surface area contributed by atoms with Crippen molar-refractivity contribution in [1.82, 2.24) is 9.80 Å². The quantitative estimate of drug-likeness (QED) is 0.553. The molecule has 1 aromatic rings. The predicted molar refractivity (Wildman–Crippen MR) is 99.6 cm³/mol. The van der Waals surface area contributed by atoms with Crippen LogP contribution in [0.15, 0.2) is 42.0 Å². The Morgan fingerprint density at radius 1 is 1.15 bits per heavy atom. The second kappa shape index (κ2) is 10.6. The minimum absolute atomic E-state index is 0.253. The van der Waals surface area contributed by atoms with E-state index in [-0.39, 0.29) is 18.7 Å². The normalized spacial score (nSPS) is 14.6. The molecular formula is C20H28N2O4. The van der Waals surface area contributed by atoms with E-state index < -0.39 is 0 Å². The van der Waals surface area contributed by atoms with Crippen molar-refractivity contribution in [2.45, 2.75) is 26.4 Å². The van der Waals surface area contributed by atoms with Crippen molar-refractivity contribution in [3.05, 3.63) is 47.5 Å². The highest BCUT2D eigenvalue weighted by Gasteiger charge is 2.17. The number of piperidine rings is 1. The maximum Gasteiger partial charge on any atom is 0.409 e. The van der Waals surface area contributed by atoms with Crippen molar-refractivity contribution in [3.63, 3.8) is 0 Å². The van der Waals surface area contributed by atoms with Crippen LogP contribution in [0.5, 0.6) is 0 Å². The summed E-state index contributed by atoms with van der Waals surface area (Å²) in [5.74, 6) is -0.253. The smallest absolute Gasteiger partial charge is 0.409 e. The predicted octanol–water partition coefficient (Wildman–Crippen LogP) is 2.84. The lowest BCUT2D eigenvalue weighted by Gasteiger charge is -2.29. The van der Waals surface area contributed by atoms with Crippen LogP contribution in [0.3, 0.4) is 0 Å². The Labute approximate surface area is 155 Å². The Hall–Kier alpha value is -2.34. The third kappa shape index (κ3) is 6.88. The maximum absolute atomic E-state index is 12.0. The van der Waals surface area contributed by atoms with Crippen molar-refractivity contribution >= 4 is 12.1 Å². The fourth-order valence-electron chi connectivity index (χ4n) is 2.77. The SMILES string of the molecule is CCOC(=O)C=C1CCN(CCN(C)C(=O)OCc2ccccc2)CC1. The van der Waals surface area contributed by atoms with Gasteiger partial charge in [-0.15, -0.1) is 0 Å². The molecule has 2 rings (SSSR count). The van der Waals surface area contributed by atoms with E-state index in [9.17, 15) is 9.59 Å². The molecule has 1 amide bonds. The Morgan fingerprint density at radius 2 is 1.85 bits per heavy atom. The molecule has 0 saturated carbocycles. The van der Waals surface area contributed by atoms with Gasteiger partial charge in [-0.1, -0.05) is 35.9 Å². The number of likely N-dealkylation sites (tertiary alicyclic amines) is 1. The van der Waals surface area contributed by atoms with Gasteiger partial charge >= 0.3 is 12.1 Å². The molecule has 1 saturated heterocycles. The molecule has 0 bridgehead atoms. The van der Waals surface area contributed by atoms with E-state index in [1.54, 1.807) is 24.9 Å². The van der Waals surface area contributed by atoms with E-state index >= 15 is 0 Å². The molecule has 26 heavy (non-hydrogen) atoms. The molecule has 0 unspecified atom stereocenters. The monoisotopic (exact) mass is 360 g/mol. The van der Waals surface area contributed by atoms with Crippen LogP contribution < -0.4 is 0 Å². The first-order valence-corrected chi connectivity index (χ1v) is 9.09. The molecule has 1 heterocycles. The second-order valence-corrected chi connectivity index (χ2v) is 6.36. The van der Waals surface area contributed by atoms with Gasteiger partial charge in [-0.3, -0.25) is 0 Å². The van der Waals surface area contributed by atoms with Crippen LogP contribution in [0.25, 0.3) is 0 Å². The summed E-state index contributed by atoms with van der Waals surface area (Å²) < 4.78 is 10.3. The van der Waals surface area contributed by atoms with Crippen molar-refractivity contribution in [2.24, 2.45) is 0 Å². The summed E-state index contributed by atoms with van der Waals surface area (Å²) in [6.07, 6.45) is 3.03. The fourth-order valence-corrected chi connectivity index (χ4v) is 2.77. The van der Waals surface area contributed by atoms with Gasteiger partial charge in [0.25, 0.3) is 0 Å². The molecule has 1 aliphatic rings. The number of nitrogens with zero attached hydrogens (tertiary/aromatic N) is 2. The molecular weight excluding hydrogens is 332 g/mol. The van der Waals surface area contributed by atoms with Crippen LogP contribution in [-0.4, -0.2) is 61.7 Å². The van der Waals surface area contributed by atoms with Crippen molar-refractivity contribution in [1.29, 1.82) is 0 Å². The van der Waals surface area contributed by atoms with Crippen molar-refractivity contribution in [3.8, 4) is 0 Å². The lowest BCUT2D eigenvalue weighted by Crippen LogP contribution is -2.39. The van der Waals surface area contributed by atoms with Gasteiger partial charge in [0.1, 0.15) is 6.61 Å². The van der Waals surface area contributed by atoms with Gasteiger partial charge in [-0.25, -0.2) is 9.59 Å². The van der Waals surface area contributed by atoms with E-state index in [0.29, 0.717) is 13.2 Å². The van der Waals surface area contributed by atoms with E-state index in [4.69, 9.17) is 9.47 Å². The van der Waals surface area contributed by atoms with Gasteiger partial charge in [-0.2, -0.15) is 0 Å². The number of benzene rings is 1. The Kier molecular flexibility index (Phi) is 8.15. The molecule has 0 atom stereocenters. The Morgan fingerprint density at radius 3 is 2.50 bits per heavy atom. The van der Waals surface area contributed by atoms with E-state index in [1.165, 1.54) is 0 Å². The number of ether oxygens (including phenoxy) is 2. The highest BCUT2D eigenvalue weighted by Crippen LogP contribution is 2.16. The Balaban J connectivity index is 1.65.